The molecular weight excluding hydrogens is 326 g/mol. The molecule has 0 aromatic heterocycles. The smallest absolute Gasteiger partial charge is 0.225 e. The summed E-state index contributed by atoms with van der Waals surface area (Å²) in [7, 11) is -3.47. The number of nitrogens with one attached hydrogen (secondary N) is 1. The monoisotopic (exact) mass is 357 g/mol. The van der Waals surface area contributed by atoms with Crippen molar-refractivity contribution in [2.75, 3.05) is 19.6 Å². The first kappa shape index (κ1) is 18.1. The Labute approximate surface area is 145 Å². The SMILES string of the molecule is CC(CN)(NS(=O)(=O)C1CCCN(C(=O)C2CCCC2)C1)C1CC1. The molecule has 7 heteroatoms. The maximum atomic E-state index is 12.9. The Balaban J connectivity index is 1.65. The van der Waals surface area contributed by atoms with Gasteiger partial charge in [-0.05, 0) is 51.4 Å². The van der Waals surface area contributed by atoms with Crippen LogP contribution in [0, 0.1) is 11.8 Å². The van der Waals surface area contributed by atoms with E-state index in [9.17, 15) is 13.2 Å². The first-order valence-corrected chi connectivity index (χ1v) is 10.9. The third kappa shape index (κ3) is 3.78. The number of hydrogen-bond donors (Lipinski definition) is 2. The van der Waals surface area contributed by atoms with Gasteiger partial charge in [-0.2, -0.15) is 0 Å². The van der Waals surface area contributed by atoms with Gasteiger partial charge in [0.2, 0.25) is 15.9 Å². The van der Waals surface area contributed by atoms with Crippen molar-refractivity contribution in [1.29, 1.82) is 0 Å². The molecule has 6 nitrogen and oxygen atoms in total. The Hall–Kier alpha value is -0.660. The minimum absolute atomic E-state index is 0.111. The van der Waals surface area contributed by atoms with E-state index in [-0.39, 0.29) is 11.8 Å². The van der Waals surface area contributed by atoms with Crippen LogP contribution in [0.1, 0.15) is 58.3 Å². The molecule has 1 amide bonds. The Morgan fingerprint density at radius 3 is 2.42 bits per heavy atom. The van der Waals surface area contributed by atoms with Crippen molar-refractivity contribution in [3.05, 3.63) is 0 Å². The summed E-state index contributed by atoms with van der Waals surface area (Å²) in [6.45, 7) is 3.24. The second-order valence-corrected chi connectivity index (χ2v) is 10.0. The lowest BCUT2D eigenvalue weighted by molar-refractivity contribution is -0.136. The maximum Gasteiger partial charge on any atom is 0.225 e. The predicted molar refractivity (Wildman–Crippen MR) is 93.8 cm³/mol. The standard InChI is InChI=1S/C17H31N3O3S/c1-17(12-18,14-8-9-14)19-24(22,23)15-7-4-10-20(11-15)16(21)13-5-2-3-6-13/h13-15,19H,2-12,18H2,1H3. The number of amides is 1. The summed E-state index contributed by atoms with van der Waals surface area (Å²) in [5.41, 5.74) is 5.31. The molecule has 0 spiro atoms. The van der Waals surface area contributed by atoms with E-state index in [2.05, 4.69) is 4.72 Å². The summed E-state index contributed by atoms with van der Waals surface area (Å²) in [5.74, 6) is 0.619. The molecule has 0 aromatic carbocycles. The molecule has 2 aliphatic carbocycles. The molecule has 0 radical (unpaired) electrons. The Morgan fingerprint density at radius 2 is 1.83 bits per heavy atom. The lowest BCUT2D eigenvalue weighted by atomic mass is 9.98. The molecule has 3 N–H and O–H groups in total. The largest absolute Gasteiger partial charge is 0.341 e. The molecule has 1 aliphatic heterocycles. The highest BCUT2D eigenvalue weighted by Gasteiger charge is 2.45. The fourth-order valence-electron chi connectivity index (χ4n) is 4.24. The first-order chi connectivity index (χ1) is 11.4. The number of hydrogen-bond acceptors (Lipinski definition) is 4. The van der Waals surface area contributed by atoms with E-state index in [4.69, 9.17) is 5.73 Å². The second-order valence-electron chi connectivity index (χ2n) is 8.07. The minimum Gasteiger partial charge on any atom is -0.341 e. The topological polar surface area (TPSA) is 92.5 Å². The normalized spacial score (nSPS) is 28.8. The highest BCUT2D eigenvalue weighted by Crippen LogP contribution is 2.39. The molecule has 3 fully saturated rings. The van der Waals surface area contributed by atoms with Crippen LogP contribution in [-0.2, 0) is 14.8 Å². The lowest BCUT2D eigenvalue weighted by Crippen LogP contribution is -2.58. The number of carbonyl (C=O) groups excluding carboxylic acids is 1. The fraction of sp³-hybridized carbons (Fsp3) is 0.941. The van der Waals surface area contributed by atoms with E-state index in [1.165, 1.54) is 0 Å². The Morgan fingerprint density at radius 1 is 1.17 bits per heavy atom. The molecule has 2 atom stereocenters. The Bertz CT molecular complexity index is 570. The predicted octanol–water partition coefficient (Wildman–Crippen LogP) is 1.21. The molecule has 138 valence electrons. The van der Waals surface area contributed by atoms with Crippen molar-refractivity contribution in [1.82, 2.24) is 9.62 Å². The fourth-order valence-corrected chi connectivity index (χ4v) is 6.16. The van der Waals surface area contributed by atoms with Crippen LogP contribution in [0.2, 0.25) is 0 Å². The van der Waals surface area contributed by atoms with Crippen LogP contribution < -0.4 is 10.5 Å². The zero-order valence-electron chi connectivity index (χ0n) is 14.7. The van der Waals surface area contributed by atoms with E-state index in [1.807, 2.05) is 6.92 Å². The molecule has 2 saturated carbocycles. The van der Waals surface area contributed by atoms with Gasteiger partial charge in [0, 0.05) is 31.1 Å². The average Bonchev–Trinajstić information content (AvgIpc) is 3.30. The highest BCUT2D eigenvalue weighted by molar-refractivity contribution is 7.90. The van der Waals surface area contributed by atoms with Gasteiger partial charge in [-0.15, -0.1) is 0 Å². The molecule has 3 rings (SSSR count). The first-order valence-electron chi connectivity index (χ1n) is 9.37. The summed E-state index contributed by atoms with van der Waals surface area (Å²) in [6, 6.07) is 0. The van der Waals surface area contributed by atoms with Crippen molar-refractivity contribution >= 4 is 15.9 Å². The molecule has 24 heavy (non-hydrogen) atoms. The van der Waals surface area contributed by atoms with Crippen molar-refractivity contribution in [3.8, 4) is 0 Å². The van der Waals surface area contributed by atoms with Gasteiger partial charge in [-0.1, -0.05) is 12.8 Å². The third-order valence-corrected chi connectivity index (χ3v) is 8.12. The molecule has 1 saturated heterocycles. The summed E-state index contributed by atoms with van der Waals surface area (Å²) < 4.78 is 28.6. The van der Waals surface area contributed by atoms with E-state index in [0.29, 0.717) is 32.0 Å². The number of rotatable bonds is 6. The number of sulfonamides is 1. The highest BCUT2D eigenvalue weighted by atomic mass is 32.2. The second kappa shape index (κ2) is 6.92. The van der Waals surface area contributed by atoms with E-state index < -0.39 is 20.8 Å². The summed E-state index contributed by atoms with van der Waals surface area (Å²) >= 11 is 0. The molecule has 0 aromatic rings. The van der Waals surface area contributed by atoms with Crippen LogP contribution >= 0.6 is 0 Å². The molecule has 0 bridgehead atoms. The maximum absolute atomic E-state index is 12.9. The van der Waals surface area contributed by atoms with Gasteiger partial charge in [0.05, 0.1) is 5.25 Å². The average molecular weight is 358 g/mol. The number of likely N-dealkylation sites (tertiary alicyclic amines) is 1. The van der Waals surface area contributed by atoms with Crippen LogP contribution in [0.25, 0.3) is 0 Å². The van der Waals surface area contributed by atoms with E-state index >= 15 is 0 Å². The number of carbonyl (C=O) groups is 1. The van der Waals surface area contributed by atoms with Gasteiger partial charge in [0.25, 0.3) is 0 Å². The number of nitrogens with two attached hydrogens (primary N) is 1. The van der Waals surface area contributed by atoms with Gasteiger partial charge in [-0.3, -0.25) is 4.79 Å². The molecule has 3 aliphatic rings. The zero-order chi connectivity index (χ0) is 17.4. The minimum atomic E-state index is -3.47. The molecule has 1 heterocycles. The van der Waals surface area contributed by atoms with Crippen LogP contribution in [0.4, 0.5) is 0 Å². The van der Waals surface area contributed by atoms with Gasteiger partial charge < -0.3 is 10.6 Å². The van der Waals surface area contributed by atoms with Gasteiger partial charge in [0.1, 0.15) is 0 Å². The third-order valence-electron chi connectivity index (χ3n) is 6.11. The van der Waals surface area contributed by atoms with E-state index in [1.54, 1.807) is 4.90 Å². The lowest BCUT2D eigenvalue weighted by Gasteiger charge is -2.37. The number of piperidine rings is 1. The van der Waals surface area contributed by atoms with Crippen molar-refractivity contribution in [3.63, 3.8) is 0 Å². The van der Waals surface area contributed by atoms with Crippen LogP contribution in [0.5, 0.6) is 0 Å². The molecular formula is C17H31N3O3S. The van der Waals surface area contributed by atoms with Crippen molar-refractivity contribution in [2.45, 2.75) is 69.1 Å². The van der Waals surface area contributed by atoms with Crippen LogP contribution in [0.3, 0.4) is 0 Å². The Kier molecular flexibility index (Phi) is 5.23. The van der Waals surface area contributed by atoms with E-state index in [0.717, 1.165) is 44.9 Å². The molecule has 2 unspecified atom stereocenters. The van der Waals surface area contributed by atoms with Crippen molar-refractivity contribution < 1.29 is 13.2 Å². The summed E-state index contributed by atoms with van der Waals surface area (Å²) in [6.07, 6.45) is 7.59. The van der Waals surface area contributed by atoms with Gasteiger partial charge in [0.15, 0.2) is 0 Å². The summed E-state index contributed by atoms with van der Waals surface area (Å²) in [5, 5.41) is -0.513. The number of nitrogens with zero attached hydrogens (tertiary/aromatic N) is 1. The quantitative estimate of drug-likeness (QED) is 0.747. The zero-order valence-corrected chi connectivity index (χ0v) is 15.5. The van der Waals surface area contributed by atoms with Crippen LogP contribution in [-0.4, -0.2) is 49.6 Å². The van der Waals surface area contributed by atoms with Gasteiger partial charge >= 0.3 is 0 Å². The van der Waals surface area contributed by atoms with Gasteiger partial charge in [-0.25, -0.2) is 13.1 Å². The van der Waals surface area contributed by atoms with Crippen LogP contribution in [0.15, 0.2) is 0 Å². The van der Waals surface area contributed by atoms with Crippen molar-refractivity contribution in [2.24, 2.45) is 17.6 Å². The summed E-state index contributed by atoms with van der Waals surface area (Å²) in [4.78, 5) is 14.4.